The number of phenols is 1. The number of aromatic hydroxyl groups is 1. The first-order valence-electron chi connectivity index (χ1n) is 12.1. The van der Waals surface area contributed by atoms with Crippen LogP contribution in [0.3, 0.4) is 0 Å². The quantitative estimate of drug-likeness (QED) is 0.709. The molecule has 2 atom stereocenters. The lowest BCUT2D eigenvalue weighted by molar-refractivity contribution is -0.0693. The van der Waals surface area contributed by atoms with Crippen molar-refractivity contribution in [3.05, 3.63) is 64.7 Å². The van der Waals surface area contributed by atoms with Gasteiger partial charge in [-0.15, -0.1) is 0 Å². The Kier molecular flexibility index (Phi) is 6.31. The molecule has 4 heteroatoms. The number of aryl methyl sites for hydroxylation is 1. The molecule has 3 aliphatic rings. The second-order valence-electron chi connectivity index (χ2n) is 9.80. The largest absolute Gasteiger partial charge is 0.507 e. The fraction of sp³-hybridized carbons (Fsp3) is 0.556. The zero-order valence-corrected chi connectivity index (χ0v) is 18.7. The number of rotatable bonds is 6. The van der Waals surface area contributed by atoms with Crippen LogP contribution < -0.4 is 5.32 Å². The second kappa shape index (κ2) is 9.32. The predicted octanol–water partition coefficient (Wildman–Crippen LogP) is 4.74. The highest BCUT2D eigenvalue weighted by Crippen LogP contribution is 2.40. The molecular weight excluding hydrogens is 384 g/mol. The minimum Gasteiger partial charge on any atom is -0.507 e. The van der Waals surface area contributed by atoms with Gasteiger partial charge in [0.15, 0.2) is 0 Å². The molecule has 2 N–H and O–H groups in total. The van der Waals surface area contributed by atoms with Crippen molar-refractivity contribution in [3.8, 4) is 5.75 Å². The smallest absolute Gasteiger partial charge is 0.122 e. The Balaban J connectivity index is 1.25. The Bertz CT molecular complexity index is 872. The molecule has 1 aliphatic carbocycles. The maximum Gasteiger partial charge on any atom is 0.122 e. The molecule has 2 fully saturated rings. The summed E-state index contributed by atoms with van der Waals surface area (Å²) in [6.07, 6.45) is 7.32. The third-order valence-electron chi connectivity index (χ3n) is 7.72. The van der Waals surface area contributed by atoms with Gasteiger partial charge in [0.1, 0.15) is 5.75 Å². The molecule has 31 heavy (non-hydrogen) atoms. The first-order valence-corrected chi connectivity index (χ1v) is 12.1. The minimum atomic E-state index is 0.0446. The monoisotopic (exact) mass is 420 g/mol. The van der Waals surface area contributed by atoms with Crippen LogP contribution >= 0.6 is 0 Å². The van der Waals surface area contributed by atoms with Crippen LogP contribution in [0.4, 0.5) is 0 Å². The summed E-state index contributed by atoms with van der Waals surface area (Å²) in [5.41, 5.74) is 4.69. The molecular formula is C27H36N2O2. The number of nitrogens with one attached hydrogen (secondary N) is 1. The van der Waals surface area contributed by atoms with Gasteiger partial charge >= 0.3 is 0 Å². The molecule has 0 bridgehead atoms. The molecule has 0 spiro atoms. The SMILES string of the molecule is Cc1ccc2c(c1O)CC(C1CCN(Cc3ccccc3)CC1)OC2CNC1CCC1. The third kappa shape index (κ3) is 4.67. The molecule has 0 radical (unpaired) electrons. The number of phenolic OH excluding ortho intramolecular Hbond substituents is 1. The Morgan fingerprint density at radius 3 is 2.52 bits per heavy atom. The normalized spacial score (nSPS) is 25.2. The first-order chi connectivity index (χ1) is 15.2. The van der Waals surface area contributed by atoms with Crippen LogP contribution in [0.2, 0.25) is 0 Å². The van der Waals surface area contributed by atoms with E-state index < -0.39 is 0 Å². The van der Waals surface area contributed by atoms with Crippen molar-refractivity contribution in [1.29, 1.82) is 0 Å². The fourth-order valence-electron chi connectivity index (χ4n) is 5.47. The van der Waals surface area contributed by atoms with E-state index in [1.807, 2.05) is 13.0 Å². The summed E-state index contributed by atoms with van der Waals surface area (Å²) < 4.78 is 6.73. The molecule has 2 aromatic rings. The maximum absolute atomic E-state index is 10.8. The number of nitrogens with zero attached hydrogens (tertiary/aromatic N) is 1. The third-order valence-corrected chi connectivity index (χ3v) is 7.72. The number of piperidine rings is 1. The zero-order valence-electron chi connectivity index (χ0n) is 18.7. The molecule has 0 amide bonds. The van der Waals surface area contributed by atoms with Gasteiger partial charge in [-0.05, 0) is 68.3 Å². The maximum atomic E-state index is 10.8. The van der Waals surface area contributed by atoms with Crippen LogP contribution in [0.1, 0.15) is 60.5 Å². The molecule has 2 heterocycles. The van der Waals surface area contributed by atoms with Crippen molar-refractivity contribution < 1.29 is 9.84 Å². The van der Waals surface area contributed by atoms with Crippen LogP contribution in [0.15, 0.2) is 42.5 Å². The van der Waals surface area contributed by atoms with Crippen molar-refractivity contribution in [3.63, 3.8) is 0 Å². The summed E-state index contributed by atoms with van der Waals surface area (Å²) in [6.45, 7) is 6.14. The van der Waals surface area contributed by atoms with E-state index >= 15 is 0 Å². The van der Waals surface area contributed by atoms with Crippen molar-refractivity contribution in [1.82, 2.24) is 10.2 Å². The zero-order chi connectivity index (χ0) is 21.2. The van der Waals surface area contributed by atoms with Gasteiger partial charge in [0, 0.05) is 31.1 Å². The van der Waals surface area contributed by atoms with Crippen LogP contribution in [0.5, 0.6) is 5.75 Å². The summed E-state index contributed by atoms with van der Waals surface area (Å²) in [5.74, 6) is 1.05. The number of benzene rings is 2. The van der Waals surface area contributed by atoms with Gasteiger partial charge in [-0.2, -0.15) is 0 Å². The molecule has 1 saturated heterocycles. The molecule has 2 aromatic carbocycles. The standard InChI is InChI=1S/C27H36N2O2/c1-19-10-11-23-24(27(19)30)16-25(31-26(23)17-28-22-8-5-9-22)21-12-14-29(15-13-21)18-20-6-3-2-4-7-20/h2-4,6-7,10-11,21-22,25-26,28,30H,5,8-9,12-18H2,1H3. The second-order valence-corrected chi connectivity index (χ2v) is 9.80. The Labute approximate surface area is 186 Å². The van der Waals surface area contributed by atoms with Crippen molar-refractivity contribution in [2.24, 2.45) is 5.92 Å². The van der Waals surface area contributed by atoms with E-state index in [2.05, 4.69) is 46.6 Å². The number of hydrogen-bond donors (Lipinski definition) is 2. The van der Waals surface area contributed by atoms with E-state index in [0.717, 1.165) is 43.7 Å². The van der Waals surface area contributed by atoms with Gasteiger partial charge in [-0.1, -0.05) is 48.9 Å². The number of ether oxygens (including phenoxy) is 1. The van der Waals surface area contributed by atoms with E-state index in [4.69, 9.17) is 4.74 Å². The molecule has 4 nitrogen and oxygen atoms in total. The highest BCUT2D eigenvalue weighted by Gasteiger charge is 2.36. The topological polar surface area (TPSA) is 44.7 Å². The first kappa shape index (κ1) is 21.0. The summed E-state index contributed by atoms with van der Waals surface area (Å²) in [4.78, 5) is 2.57. The van der Waals surface area contributed by atoms with Gasteiger partial charge in [-0.3, -0.25) is 4.90 Å². The van der Waals surface area contributed by atoms with Crippen LogP contribution in [-0.4, -0.2) is 41.8 Å². The van der Waals surface area contributed by atoms with Gasteiger partial charge in [0.2, 0.25) is 0 Å². The van der Waals surface area contributed by atoms with E-state index in [1.165, 1.54) is 43.2 Å². The van der Waals surface area contributed by atoms with E-state index in [1.54, 1.807) is 0 Å². The van der Waals surface area contributed by atoms with Gasteiger partial charge < -0.3 is 15.2 Å². The summed E-state index contributed by atoms with van der Waals surface area (Å²) in [5, 5.41) is 14.5. The Morgan fingerprint density at radius 1 is 1.03 bits per heavy atom. The Hall–Kier alpha value is -1.88. The van der Waals surface area contributed by atoms with E-state index in [-0.39, 0.29) is 12.2 Å². The summed E-state index contributed by atoms with van der Waals surface area (Å²) in [6, 6.07) is 15.6. The van der Waals surface area contributed by atoms with Crippen LogP contribution in [-0.2, 0) is 17.7 Å². The number of likely N-dealkylation sites (tertiary alicyclic amines) is 1. The van der Waals surface area contributed by atoms with Crippen LogP contribution in [0.25, 0.3) is 0 Å². The number of hydrogen-bond acceptors (Lipinski definition) is 4. The average molecular weight is 421 g/mol. The summed E-state index contributed by atoms with van der Waals surface area (Å²) >= 11 is 0. The van der Waals surface area contributed by atoms with E-state index in [0.29, 0.717) is 17.7 Å². The molecule has 5 rings (SSSR count). The van der Waals surface area contributed by atoms with Gasteiger partial charge in [0.25, 0.3) is 0 Å². The van der Waals surface area contributed by atoms with Gasteiger partial charge in [-0.25, -0.2) is 0 Å². The highest BCUT2D eigenvalue weighted by molar-refractivity contribution is 5.47. The Morgan fingerprint density at radius 2 is 1.81 bits per heavy atom. The van der Waals surface area contributed by atoms with Crippen LogP contribution in [0, 0.1) is 12.8 Å². The fourth-order valence-corrected chi connectivity index (χ4v) is 5.47. The molecule has 166 valence electrons. The van der Waals surface area contributed by atoms with Crippen molar-refractivity contribution >= 4 is 0 Å². The van der Waals surface area contributed by atoms with Crippen molar-refractivity contribution in [2.75, 3.05) is 19.6 Å². The predicted molar refractivity (Wildman–Crippen MR) is 124 cm³/mol. The lowest BCUT2D eigenvalue weighted by atomic mass is 9.82. The lowest BCUT2D eigenvalue weighted by Crippen LogP contribution is -2.44. The average Bonchev–Trinajstić information content (AvgIpc) is 2.76. The molecule has 2 aliphatic heterocycles. The number of fused-ring (bicyclic) bond motifs is 1. The lowest BCUT2D eigenvalue weighted by Gasteiger charge is -2.41. The van der Waals surface area contributed by atoms with Crippen molar-refractivity contribution in [2.45, 2.75) is 70.2 Å². The molecule has 1 saturated carbocycles. The minimum absolute atomic E-state index is 0.0446. The molecule has 2 unspecified atom stereocenters. The highest BCUT2D eigenvalue weighted by atomic mass is 16.5. The van der Waals surface area contributed by atoms with E-state index in [9.17, 15) is 5.11 Å². The van der Waals surface area contributed by atoms with Gasteiger partial charge in [0.05, 0.1) is 12.2 Å². The molecule has 0 aromatic heterocycles. The summed E-state index contributed by atoms with van der Waals surface area (Å²) in [7, 11) is 0.